The van der Waals surface area contributed by atoms with Gasteiger partial charge in [0, 0.05) is 11.9 Å². The zero-order valence-corrected chi connectivity index (χ0v) is 14.3. The molecule has 2 heterocycles. The number of hydrogen-bond acceptors (Lipinski definition) is 5. The third kappa shape index (κ3) is 2.18. The SMILES string of the molecule is Cc1c(Sc2cccc3ccccc23)n(C)c2nc(N)nc(N)c12. The maximum absolute atomic E-state index is 6.07. The summed E-state index contributed by atoms with van der Waals surface area (Å²) < 4.78 is 2.03. The molecule has 4 rings (SSSR count). The zero-order valence-electron chi connectivity index (χ0n) is 13.4. The van der Waals surface area contributed by atoms with Crippen LogP contribution in [0.3, 0.4) is 0 Å². The van der Waals surface area contributed by atoms with Crippen molar-refractivity contribution in [1.29, 1.82) is 0 Å². The molecule has 5 nitrogen and oxygen atoms in total. The summed E-state index contributed by atoms with van der Waals surface area (Å²) in [4.78, 5) is 9.65. The van der Waals surface area contributed by atoms with Crippen LogP contribution in [0.2, 0.25) is 0 Å². The van der Waals surface area contributed by atoms with Crippen molar-refractivity contribution in [3.63, 3.8) is 0 Å². The molecule has 6 heteroatoms. The zero-order chi connectivity index (χ0) is 16.8. The highest BCUT2D eigenvalue weighted by Gasteiger charge is 2.18. The summed E-state index contributed by atoms with van der Waals surface area (Å²) >= 11 is 1.71. The van der Waals surface area contributed by atoms with Crippen molar-refractivity contribution in [1.82, 2.24) is 14.5 Å². The monoisotopic (exact) mass is 335 g/mol. The van der Waals surface area contributed by atoms with E-state index in [9.17, 15) is 0 Å². The normalized spacial score (nSPS) is 11.4. The number of rotatable bonds is 2. The lowest BCUT2D eigenvalue weighted by Gasteiger charge is -2.08. The molecule has 24 heavy (non-hydrogen) atoms. The lowest BCUT2D eigenvalue weighted by Crippen LogP contribution is -2.01. The van der Waals surface area contributed by atoms with Gasteiger partial charge in [-0.3, -0.25) is 0 Å². The van der Waals surface area contributed by atoms with Crippen molar-refractivity contribution < 1.29 is 0 Å². The van der Waals surface area contributed by atoms with Crippen molar-refractivity contribution in [2.75, 3.05) is 11.5 Å². The number of fused-ring (bicyclic) bond motifs is 2. The topological polar surface area (TPSA) is 82.8 Å². The number of aromatic nitrogens is 3. The molecule has 2 aromatic heterocycles. The fraction of sp³-hybridized carbons (Fsp3) is 0.111. The van der Waals surface area contributed by atoms with Crippen LogP contribution in [0.25, 0.3) is 21.8 Å². The third-order valence-corrected chi connectivity index (χ3v) is 5.56. The molecule has 0 radical (unpaired) electrons. The lowest BCUT2D eigenvalue weighted by molar-refractivity contribution is 0.839. The van der Waals surface area contributed by atoms with Crippen LogP contribution in [0.1, 0.15) is 5.56 Å². The molecular weight excluding hydrogens is 318 g/mol. The molecule has 0 fully saturated rings. The molecule has 0 saturated heterocycles. The minimum absolute atomic E-state index is 0.197. The average Bonchev–Trinajstić information content (AvgIpc) is 2.80. The summed E-state index contributed by atoms with van der Waals surface area (Å²) in [5.41, 5.74) is 13.7. The first-order valence-corrected chi connectivity index (χ1v) is 8.41. The van der Waals surface area contributed by atoms with E-state index in [0.29, 0.717) is 5.82 Å². The quantitative estimate of drug-likeness (QED) is 0.583. The minimum atomic E-state index is 0.197. The van der Waals surface area contributed by atoms with E-state index in [1.807, 2.05) is 18.5 Å². The van der Waals surface area contributed by atoms with E-state index < -0.39 is 0 Å². The molecule has 0 atom stereocenters. The van der Waals surface area contributed by atoms with Crippen LogP contribution in [-0.2, 0) is 7.05 Å². The Hall–Kier alpha value is -2.73. The van der Waals surface area contributed by atoms with Crippen molar-refractivity contribution in [3.8, 4) is 0 Å². The van der Waals surface area contributed by atoms with E-state index in [4.69, 9.17) is 11.5 Å². The van der Waals surface area contributed by atoms with Crippen LogP contribution >= 0.6 is 11.8 Å². The smallest absolute Gasteiger partial charge is 0.223 e. The molecule has 2 aromatic carbocycles. The molecule has 120 valence electrons. The number of anilines is 2. The van der Waals surface area contributed by atoms with Gasteiger partial charge < -0.3 is 16.0 Å². The molecule has 0 spiro atoms. The van der Waals surface area contributed by atoms with E-state index in [-0.39, 0.29) is 5.95 Å². The minimum Gasteiger partial charge on any atom is -0.383 e. The van der Waals surface area contributed by atoms with Crippen LogP contribution < -0.4 is 11.5 Å². The van der Waals surface area contributed by atoms with E-state index in [1.54, 1.807) is 11.8 Å². The molecule has 0 aliphatic heterocycles. The first-order valence-electron chi connectivity index (χ1n) is 7.60. The van der Waals surface area contributed by atoms with E-state index in [2.05, 4.69) is 52.4 Å². The Labute approximate surface area is 143 Å². The molecule has 0 unspecified atom stereocenters. The first kappa shape index (κ1) is 14.8. The lowest BCUT2D eigenvalue weighted by atomic mass is 10.1. The maximum Gasteiger partial charge on any atom is 0.223 e. The fourth-order valence-corrected chi connectivity index (χ4v) is 4.20. The van der Waals surface area contributed by atoms with E-state index in [0.717, 1.165) is 21.6 Å². The van der Waals surface area contributed by atoms with Gasteiger partial charge in [0.2, 0.25) is 5.95 Å². The van der Waals surface area contributed by atoms with Gasteiger partial charge in [0.1, 0.15) is 11.5 Å². The first-order chi connectivity index (χ1) is 11.6. The van der Waals surface area contributed by atoms with E-state index >= 15 is 0 Å². The second-order valence-corrected chi connectivity index (χ2v) is 6.76. The van der Waals surface area contributed by atoms with Crippen molar-refractivity contribution >= 4 is 45.3 Å². The second-order valence-electron chi connectivity index (χ2n) is 5.73. The summed E-state index contributed by atoms with van der Waals surface area (Å²) in [6.45, 7) is 2.05. The Morgan fingerprint density at radius 1 is 1.00 bits per heavy atom. The maximum atomic E-state index is 6.07. The Balaban J connectivity index is 1.93. The summed E-state index contributed by atoms with van der Waals surface area (Å²) in [5, 5.41) is 4.41. The Morgan fingerprint density at radius 2 is 1.75 bits per heavy atom. The number of nitrogen functional groups attached to an aromatic ring is 2. The van der Waals surface area contributed by atoms with Gasteiger partial charge in [0.05, 0.1) is 10.4 Å². The molecular formula is C18H17N5S. The van der Waals surface area contributed by atoms with Gasteiger partial charge in [-0.2, -0.15) is 9.97 Å². The summed E-state index contributed by atoms with van der Waals surface area (Å²) in [7, 11) is 1.98. The number of nitrogens with zero attached hydrogens (tertiary/aromatic N) is 3. The van der Waals surface area contributed by atoms with Crippen LogP contribution in [0.5, 0.6) is 0 Å². The number of nitrogens with two attached hydrogens (primary N) is 2. The molecule has 0 bridgehead atoms. The van der Waals surface area contributed by atoms with Gasteiger partial charge in [-0.1, -0.05) is 48.2 Å². The van der Waals surface area contributed by atoms with Gasteiger partial charge in [-0.25, -0.2) is 0 Å². The number of hydrogen-bond donors (Lipinski definition) is 2. The molecule has 0 saturated carbocycles. The van der Waals surface area contributed by atoms with Crippen molar-refractivity contribution in [2.45, 2.75) is 16.8 Å². The van der Waals surface area contributed by atoms with Gasteiger partial charge in [-0.05, 0) is 29.3 Å². The molecule has 4 aromatic rings. The van der Waals surface area contributed by atoms with Crippen LogP contribution in [0.4, 0.5) is 11.8 Å². The number of benzene rings is 2. The second kappa shape index (κ2) is 5.42. The Morgan fingerprint density at radius 3 is 2.58 bits per heavy atom. The third-order valence-electron chi connectivity index (χ3n) is 4.21. The van der Waals surface area contributed by atoms with Crippen molar-refractivity contribution in [3.05, 3.63) is 48.0 Å². The fourth-order valence-electron chi connectivity index (χ4n) is 3.07. The van der Waals surface area contributed by atoms with Gasteiger partial charge in [0.15, 0.2) is 0 Å². The standard InChI is InChI=1S/C18H17N5S/c1-10-14-15(19)21-18(20)22-16(14)23(2)17(10)24-13-9-5-7-11-6-3-4-8-12(11)13/h3-9H,1-2H3,(H4,19,20,21,22). The van der Waals surface area contributed by atoms with Gasteiger partial charge in [-0.15, -0.1) is 0 Å². The molecule has 4 N–H and O–H groups in total. The van der Waals surface area contributed by atoms with Crippen LogP contribution in [-0.4, -0.2) is 14.5 Å². The predicted molar refractivity (Wildman–Crippen MR) is 100 cm³/mol. The molecule has 0 amide bonds. The summed E-state index contributed by atoms with van der Waals surface area (Å²) in [6, 6.07) is 14.7. The highest BCUT2D eigenvalue weighted by atomic mass is 32.2. The predicted octanol–water partition coefficient (Wildman–Crippen LogP) is 3.75. The van der Waals surface area contributed by atoms with Crippen LogP contribution in [0.15, 0.2) is 52.4 Å². The van der Waals surface area contributed by atoms with Gasteiger partial charge >= 0.3 is 0 Å². The largest absolute Gasteiger partial charge is 0.383 e. The summed E-state index contributed by atoms with van der Waals surface area (Å²) in [5.74, 6) is 0.623. The Kier molecular flexibility index (Phi) is 3.35. The highest BCUT2D eigenvalue weighted by Crippen LogP contribution is 2.39. The van der Waals surface area contributed by atoms with Crippen molar-refractivity contribution in [2.24, 2.45) is 7.05 Å². The Bertz CT molecular complexity index is 1080. The number of aryl methyl sites for hydroxylation is 2. The molecule has 0 aliphatic rings. The summed E-state index contributed by atoms with van der Waals surface area (Å²) in [6.07, 6.45) is 0. The van der Waals surface area contributed by atoms with Crippen LogP contribution in [0, 0.1) is 6.92 Å². The highest BCUT2D eigenvalue weighted by molar-refractivity contribution is 7.99. The molecule has 0 aliphatic carbocycles. The van der Waals surface area contributed by atoms with E-state index in [1.165, 1.54) is 15.7 Å². The average molecular weight is 335 g/mol. The van der Waals surface area contributed by atoms with Gasteiger partial charge in [0.25, 0.3) is 0 Å².